The number of nitrogens with one attached hydrogen (secondary N) is 1. The molecule has 78 valence electrons. The maximum Gasteiger partial charge on any atom is 0.0699 e. The molecule has 0 amide bonds. The Labute approximate surface area is 86.0 Å². The second-order valence-corrected chi connectivity index (χ2v) is 3.96. The quantitative estimate of drug-likeness (QED) is 0.695. The second kappa shape index (κ2) is 6.63. The molecule has 13 heavy (non-hydrogen) atoms. The van der Waals surface area contributed by atoms with Crippen molar-refractivity contribution in [2.45, 2.75) is 44.8 Å². The van der Waals surface area contributed by atoms with Crippen LogP contribution in [0.2, 0.25) is 0 Å². The van der Waals surface area contributed by atoms with Crippen LogP contribution in [0.1, 0.15) is 32.6 Å². The molecule has 1 fully saturated rings. The Morgan fingerprint density at radius 1 is 1.54 bits per heavy atom. The lowest BCUT2D eigenvalue weighted by molar-refractivity contribution is 0.0157. The van der Waals surface area contributed by atoms with E-state index in [1.165, 1.54) is 19.3 Å². The molecule has 1 aliphatic rings. The molecule has 3 heteroatoms. The highest BCUT2D eigenvalue weighted by Crippen LogP contribution is 2.11. The van der Waals surface area contributed by atoms with E-state index in [0.29, 0.717) is 18.0 Å². The molecule has 1 aliphatic heterocycles. The Kier molecular flexibility index (Phi) is 5.76. The zero-order valence-corrected chi connectivity index (χ0v) is 9.15. The Hall–Kier alpha value is 0.210. The minimum absolute atomic E-state index is 0.422. The molecule has 0 aromatic heterocycles. The van der Waals surface area contributed by atoms with E-state index in [1.54, 1.807) is 0 Å². The van der Waals surface area contributed by atoms with Gasteiger partial charge in [0.15, 0.2) is 0 Å². The summed E-state index contributed by atoms with van der Waals surface area (Å²) in [5.74, 6) is 0.698. The van der Waals surface area contributed by atoms with Gasteiger partial charge in [-0.25, -0.2) is 0 Å². The van der Waals surface area contributed by atoms with E-state index >= 15 is 0 Å². The van der Waals surface area contributed by atoms with Crippen molar-refractivity contribution in [3.63, 3.8) is 0 Å². The second-order valence-electron chi connectivity index (χ2n) is 3.66. The minimum atomic E-state index is 0.422. The summed E-state index contributed by atoms with van der Waals surface area (Å²) in [7, 11) is 0. The van der Waals surface area contributed by atoms with Crippen LogP contribution in [0.25, 0.3) is 0 Å². The van der Waals surface area contributed by atoms with Gasteiger partial charge < -0.3 is 10.1 Å². The third-order valence-electron chi connectivity index (χ3n) is 2.59. The summed E-state index contributed by atoms with van der Waals surface area (Å²) < 4.78 is 5.61. The fourth-order valence-electron chi connectivity index (χ4n) is 1.57. The highest BCUT2D eigenvalue weighted by molar-refractivity contribution is 6.18. The number of hydrogen-bond acceptors (Lipinski definition) is 2. The van der Waals surface area contributed by atoms with E-state index in [4.69, 9.17) is 16.3 Å². The molecule has 1 saturated heterocycles. The molecule has 1 N–H and O–H groups in total. The van der Waals surface area contributed by atoms with Crippen LogP contribution in [-0.4, -0.2) is 31.2 Å². The van der Waals surface area contributed by atoms with E-state index in [9.17, 15) is 0 Å². The Balaban J connectivity index is 2.09. The fraction of sp³-hybridized carbons (Fsp3) is 1.00. The first-order valence-electron chi connectivity index (χ1n) is 5.27. The van der Waals surface area contributed by atoms with Crippen LogP contribution in [0.4, 0.5) is 0 Å². The van der Waals surface area contributed by atoms with Crippen molar-refractivity contribution in [3.8, 4) is 0 Å². The van der Waals surface area contributed by atoms with Crippen molar-refractivity contribution in [3.05, 3.63) is 0 Å². The van der Waals surface area contributed by atoms with Gasteiger partial charge in [0.2, 0.25) is 0 Å². The van der Waals surface area contributed by atoms with Gasteiger partial charge in [-0.15, -0.1) is 11.6 Å². The molecule has 0 radical (unpaired) electrons. The molecule has 0 aromatic rings. The number of alkyl halides is 1. The Morgan fingerprint density at radius 3 is 2.92 bits per heavy atom. The summed E-state index contributed by atoms with van der Waals surface area (Å²) in [6.07, 6.45) is 5.25. The Morgan fingerprint density at radius 2 is 2.38 bits per heavy atom. The molecular weight excluding hydrogens is 186 g/mol. The van der Waals surface area contributed by atoms with Crippen molar-refractivity contribution in [2.24, 2.45) is 0 Å². The topological polar surface area (TPSA) is 21.3 Å². The van der Waals surface area contributed by atoms with Crippen LogP contribution in [-0.2, 0) is 4.74 Å². The Bertz CT molecular complexity index is 122. The normalized spacial score (nSPS) is 25.8. The van der Waals surface area contributed by atoms with Gasteiger partial charge >= 0.3 is 0 Å². The summed E-state index contributed by atoms with van der Waals surface area (Å²) in [4.78, 5) is 0. The zero-order valence-electron chi connectivity index (χ0n) is 8.39. The summed E-state index contributed by atoms with van der Waals surface area (Å²) in [6.45, 7) is 4.05. The van der Waals surface area contributed by atoms with E-state index < -0.39 is 0 Å². The van der Waals surface area contributed by atoms with Crippen LogP contribution < -0.4 is 5.32 Å². The lowest BCUT2D eigenvalue weighted by Gasteiger charge is -2.24. The molecule has 0 aliphatic carbocycles. The van der Waals surface area contributed by atoms with Crippen LogP contribution in [0, 0.1) is 0 Å². The molecular formula is C10H20ClNO. The fourth-order valence-corrected chi connectivity index (χ4v) is 1.90. The SMILES string of the molecule is CCC(CCl)NCC1CCCCO1. The predicted octanol–water partition coefficient (Wildman–Crippen LogP) is 2.16. The van der Waals surface area contributed by atoms with Crippen LogP contribution >= 0.6 is 11.6 Å². The van der Waals surface area contributed by atoms with Gasteiger partial charge in [0.1, 0.15) is 0 Å². The molecule has 0 bridgehead atoms. The number of hydrogen-bond donors (Lipinski definition) is 1. The van der Waals surface area contributed by atoms with Gasteiger partial charge in [-0.1, -0.05) is 6.92 Å². The van der Waals surface area contributed by atoms with Gasteiger partial charge in [0.25, 0.3) is 0 Å². The maximum absolute atomic E-state index is 5.78. The highest BCUT2D eigenvalue weighted by atomic mass is 35.5. The third-order valence-corrected chi connectivity index (χ3v) is 2.96. The van der Waals surface area contributed by atoms with E-state index in [1.807, 2.05) is 0 Å². The van der Waals surface area contributed by atoms with Gasteiger partial charge in [-0.05, 0) is 25.7 Å². The van der Waals surface area contributed by atoms with Gasteiger partial charge in [-0.3, -0.25) is 0 Å². The average molecular weight is 206 g/mol. The van der Waals surface area contributed by atoms with Crippen LogP contribution in [0.3, 0.4) is 0 Å². The number of halogens is 1. The van der Waals surface area contributed by atoms with Gasteiger partial charge in [-0.2, -0.15) is 0 Å². The van der Waals surface area contributed by atoms with Crippen LogP contribution in [0.15, 0.2) is 0 Å². The van der Waals surface area contributed by atoms with Gasteiger partial charge in [0, 0.05) is 25.1 Å². The number of ether oxygens (including phenoxy) is 1. The van der Waals surface area contributed by atoms with Crippen molar-refractivity contribution in [1.82, 2.24) is 5.32 Å². The minimum Gasteiger partial charge on any atom is -0.377 e. The van der Waals surface area contributed by atoms with Crippen molar-refractivity contribution >= 4 is 11.6 Å². The lowest BCUT2D eigenvalue weighted by Crippen LogP contribution is -2.38. The third kappa shape index (κ3) is 4.30. The van der Waals surface area contributed by atoms with Crippen LogP contribution in [0.5, 0.6) is 0 Å². The van der Waals surface area contributed by atoms with E-state index in [0.717, 1.165) is 19.6 Å². The molecule has 2 atom stereocenters. The molecule has 2 nitrogen and oxygen atoms in total. The molecule has 0 saturated carbocycles. The first-order chi connectivity index (χ1) is 6.36. The molecule has 2 unspecified atom stereocenters. The van der Waals surface area contributed by atoms with E-state index in [2.05, 4.69) is 12.2 Å². The summed E-state index contributed by atoms with van der Waals surface area (Å²) in [6, 6.07) is 0.451. The molecule has 0 spiro atoms. The predicted molar refractivity (Wildman–Crippen MR) is 56.4 cm³/mol. The maximum atomic E-state index is 5.78. The van der Waals surface area contributed by atoms with E-state index in [-0.39, 0.29) is 0 Å². The number of rotatable bonds is 5. The first-order valence-corrected chi connectivity index (χ1v) is 5.81. The summed E-state index contributed by atoms with van der Waals surface area (Å²) in [5, 5.41) is 3.43. The zero-order chi connectivity index (χ0) is 9.52. The lowest BCUT2D eigenvalue weighted by atomic mass is 10.1. The average Bonchev–Trinajstić information content (AvgIpc) is 2.21. The smallest absolute Gasteiger partial charge is 0.0699 e. The van der Waals surface area contributed by atoms with Gasteiger partial charge in [0.05, 0.1) is 6.10 Å². The van der Waals surface area contributed by atoms with Crippen molar-refractivity contribution < 1.29 is 4.74 Å². The molecule has 1 rings (SSSR count). The largest absolute Gasteiger partial charge is 0.377 e. The molecule has 1 heterocycles. The summed E-state index contributed by atoms with van der Waals surface area (Å²) in [5.41, 5.74) is 0. The standard InChI is InChI=1S/C10H20ClNO/c1-2-9(7-11)12-8-10-5-3-4-6-13-10/h9-10,12H,2-8H2,1H3. The molecule has 0 aromatic carbocycles. The monoisotopic (exact) mass is 205 g/mol. The van der Waals surface area contributed by atoms with Crippen molar-refractivity contribution in [1.29, 1.82) is 0 Å². The highest BCUT2D eigenvalue weighted by Gasteiger charge is 2.14. The summed E-state index contributed by atoms with van der Waals surface area (Å²) >= 11 is 5.78. The first kappa shape index (κ1) is 11.3. The van der Waals surface area contributed by atoms with Crippen molar-refractivity contribution in [2.75, 3.05) is 19.0 Å².